The molecule has 1 aliphatic carbocycles. The van der Waals surface area contributed by atoms with Crippen LogP contribution in [0.5, 0.6) is 0 Å². The molecule has 0 aliphatic heterocycles. The monoisotopic (exact) mass is 285 g/mol. The summed E-state index contributed by atoms with van der Waals surface area (Å²) < 4.78 is 26.9. The van der Waals surface area contributed by atoms with Gasteiger partial charge in [0.2, 0.25) is 10.0 Å². The van der Waals surface area contributed by atoms with Gasteiger partial charge < -0.3 is 5.73 Å². The molecule has 0 bridgehead atoms. The Morgan fingerprint density at radius 3 is 2.53 bits per heavy atom. The zero-order chi connectivity index (χ0) is 14.4. The van der Waals surface area contributed by atoms with Crippen molar-refractivity contribution in [3.8, 4) is 0 Å². The van der Waals surface area contributed by atoms with Gasteiger partial charge in [0.25, 0.3) is 5.69 Å². The summed E-state index contributed by atoms with van der Waals surface area (Å²) >= 11 is 0. The Bertz CT molecular complexity index is 642. The van der Waals surface area contributed by atoms with Crippen LogP contribution in [0.15, 0.2) is 17.0 Å². The van der Waals surface area contributed by atoms with Gasteiger partial charge in [-0.1, -0.05) is 6.92 Å². The molecule has 2 unspecified atom stereocenters. The zero-order valence-electron chi connectivity index (χ0n) is 10.6. The highest BCUT2D eigenvalue weighted by Crippen LogP contribution is 2.33. The molecule has 3 N–H and O–H groups in total. The number of hydrogen-bond donors (Lipinski definition) is 2. The Labute approximate surface area is 111 Å². The highest BCUT2D eigenvalue weighted by atomic mass is 32.2. The minimum atomic E-state index is -3.74. The smallest absolute Gasteiger partial charge is 0.293 e. The lowest BCUT2D eigenvalue weighted by Gasteiger charge is -2.09. The average Bonchev–Trinajstić information content (AvgIpc) is 2.91. The Morgan fingerprint density at radius 2 is 2.05 bits per heavy atom. The number of nitro benzene ring substituents is 1. The molecular formula is C11H15N3O4S. The molecule has 19 heavy (non-hydrogen) atoms. The molecule has 0 saturated heterocycles. The van der Waals surface area contributed by atoms with Crippen LogP contribution in [0.1, 0.15) is 18.9 Å². The molecule has 1 aromatic rings. The lowest BCUT2D eigenvalue weighted by molar-refractivity contribution is -0.384. The van der Waals surface area contributed by atoms with Gasteiger partial charge in [0.15, 0.2) is 0 Å². The summed E-state index contributed by atoms with van der Waals surface area (Å²) in [7, 11) is -3.74. The van der Waals surface area contributed by atoms with Crippen LogP contribution in [0.3, 0.4) is 0 Å². The summed E-state index contributed by atoms with van der Waals surface area (Å²) in [6.45, 7) is 3.50. The van der Waals surface area contributed by atoms with Crippen molar-refractivity contribution in [2.45, 2.75) is 31.2 Å². The normalized spacial score (nSPS) is 22.2. The van der Waals surface area contributed by atoms with Gasteiger partial charge in [0.1, 0.15) is 5.69 Å². The molecule has 7 nitrogen and oxygen atoms in total. The summed E-state index contributed by atoms with van der Waals surface area (Å²) in [6, 6.07) is 2.24. The zero-order valence-corrected chi connectivity index (χ0v) is 11.4. The Morgan fingerprint density at radius 1 is 1.47 bits per heavy atom. The average molecular weight is 285 g/mol. The van der Waals surface area contributed by atoms with Crippen molar-refractivity contribution < 1.29 is 13.3 Å². The quantitative estimate of drug-likeness (QED) is 0.489. The van der Waals surface area contributed by atoms with E-state index in [0.29, 0.717) is 11.5 Å². The number of nitro groups is 1. The number of benzene rings is 1. The van der Waals surface area contributed by atoms with Gasteiger partial charge in [0.05, 0.1) is 9.82 Å². The number of aryl methyl sites for hydroxylation is 1. The van der Waals surface area contributed by atoms with E-state index in [4.69, 9.17) is 5.73 Å². The molecule has 8 heteroatoms. The van der Waals surface area contributed by atoms with Crippen LogP contribution in [-0.2, 0) is 10.0 Å². The maximum Gasteiger partial charge on any atom is 0.293 e. The first-order valence-corrected chi connectivity index (χ1v) is 7.27. The molecular weight excluding hydrogens is 270 g/mol. The molecule has 2 rings (SSSR count). The third-order valence-electron chi connectivity index (χ3n) is 3.23. The van der Waals surface area contributed by atoms with Gasteiger partial charge in [-0.3, -0.25) is 10.1 Å². The highest BCUT2D eigenvalue weighted by Gasteiger charge is 2.37. The minimum Gasteiger partial charge on any atom is -0.393 e. The van der Waals surface area contributed by atoms with Gasteiger partial charge in [-0.25, -0.2) is 13.1 Å². The summed E-state index contributed by atoms with van der Waals surface area (Å²) in [4.78, 5) is 10.0. The molecule has 1 fully saturated rings. The molecule has 0 radical (unpaired) electrons. The van der Waals surface area contributed by atoms with Crippen LogP contribution in [-0.4, -0.2) is 19.4 Å². The van der Waals surface area contributed by atoms with E-state index in [2.05, 4.69) is 4.72 Å². The molecule has 0 amide bonds. The standard InChI is InChI=1S/C11H15N3O4S/c1-6-4-9(6)13-19(17,18)11-5-10(14(15)16)8(12)3-7(11)2/h3,5-6,9,13H,4,12H2,1-2H3. The number of hydrogen-bond acceptors (Lipinski definition) is 5. The first-order valence-electron chi connectivity index (χ1n) is 5.79. The Hall–Kier alpha value is -1.67. The van der Waals surface area contributed by atoms with Crippen molar-refractivity contribution in [2.75, 3.05) is 5.73 Å². The third kappa shape index (κ3) is 2.69. The number of nitrogens with two attached hydrogens (primary N) is 1. The largest absolute Gasteiger partial charge is 0.393 e. The van der Waals surface area contributed by atoms with Crippen molar-refractivity contribution in [2.24, 2.45) is 5.92 Å². The Kier molecular flexibility index (Phi) is 3.23. The first-order chi connectivity index (χ1) is 8.72. The maximum absolute atomic E-state index is 12.2. The molecule has 2 atom stereocenters. The van der Waals surface area contributed by atoms with Gasteiger partial charge in [-0.2, -0.15) is 0 Å². The van der Waals surface area contributed by atoms with E-state index in [-0.39, 0.29) is 16.6 Å². The summed E-state index contributed by atoms with van der Waals surface area (Å²) in [5.41, 5.74) is 5.47. The molecule has 104 valence electrons. The molecule has 1 aromatic carbocycles. The Balaban J connectivity index is 2.43. The fourth-order valence-electron chi connectivity index (χ4n) is 1.90. The van der Waals surface area contributed by atoms with Crippen LogP contribution < -0.4 is 10.5 Å². The van der Waals surface area contributed by atoms with Crippen LogP contribution >= 0.6 is 0 Å². The third-order valence-corrected chi connectivity index (χ3v) is 4.86. The van der Waals surface area contributed by atoms with E-state index in [9.17, 15) is 18.5 Å². The van der Waals surface area contributed by atoms with Crippen molar-refractivity contribution >= 4 is 21.4 Å². The van der Waals surface area contributed by atoms with Gasteiger partial charge in [-0.15, -0.1) is 0 Å². The predicted octanol–water partition coefficient (Wildman–Crippen LogP) is 1.17. The fraction of sp³-hybridized carbons (Fsp3) is 0.455. The van der Waals surface area contributed by atoms with Crippen LogP contribution in [0, 0.1) is 23.0 Å². The summed E-state index contributed by atoms with van der Waals surface area (Å²) in [5.74, 6) is 0.304. The lowest BCUT2D eigenvalue weighted by atomic mass is 10.2. The van der Waals surface area contributed by atoms with Crippen LogP contribution in [0.4, 0.5) is 11.4 Å². The SMILES string of the molecule is Cc1cc(N)c([N+](=O)[O-])cc1S(=O)(=O)NC1CC1C. The summed E-state index contributed by atoms with van der Waals surface area (Å²) in [5, 5.41) is 10.8. The molecule has 0 heterocycles. The van der Waals surface area contributed by atoms with Gasteiger partial charge >= 0.3 is 0 Å². The van der Waals surface area contributed by atoms with Crippen LogP contribution in [0.25, 0.3) is 0 Å². The number of rotatable bonds is 4. The van der Waals surface area contributed by atoms with Crippen molar-refractivity contribution in [1.29, 1.82) is 0 Å². The van der Waals surface area contributed by atoms with Gasteiger partial charge in [-0.05, 0) is 30.9 Å². The van der Waals surface area contributed by atoms with Crippen LogP contribution in [0.2, 0.25) is 0 Å². The van der Waals surface area contributed by atoms with E-state index in [0.717, 1.165) is 12.5 Å². The van der Waals surface area contributed by atoms with Crippen molar-refractivity contribution in [3.05, 3.63) is 27.8 Å². The second-order valence-corrected chi connectivity index (χ2v) is 6.56. The van der Waals surface area contributed by atoms with E-state index >= 15 is 0 Å². The molecule has 0 aromatic heterocycles. The molecule has 1 aliphatic rings. The number of nitrogens with one attached hydrogen (secondary N) is 1. The van der Waals surface area contributed by atoms with Crippen molar-refractivity contribution in [1.82, 2.24) is 4.72 Å². The first kappa shape index (κ1) is 13.8. The van der Waals surface area contributed by atoms with E-state index in [1.54, 1.807) is 6.92 Å². The number of sulfonamides is 1. The number of nitrogen functional groups attached to an aromatic ring is 1. The van der Waals surface area contributed by atoms with E-state index in [1.165, 1.54) is 6.07 Å². The molecule has 1 saturated carbocycles. The predicted molar refractivity (Wildman–Crippen MR) is 70.1 cm³/mol. The lowest BCUT2D eigenvalue weighted by Crippen LogP contribution is -2.27. The van der Waals surface area contributed by atoms with E-state index < -0.39 is 20.6 Å². The molecule has 0 spiro atoms. The number of nitrogens with zero attached hydrogens (tertiary/aromatic N) is 1. The minimum absolute atomic E-state index is 0.0405. The highest BCUT2D eigenvalue weighted by molar-refractivity contribution is 7.89. The van der Waals surface area contributed by atoms with Gasteiger partial charge in [0, 0.05) is 12.1 Å². The van der Waals surface area contributed by atoms with Crippen molar-refractivity contribution in [3.63, 3.8) is 0 Å². The van der Waals surface area contributed by atoms with E-state index in [1.807, 2.05) is 6.92 Å². The topological polar surface area (TPSA) is 115 Å². The second kappa shape index (κ2) is 4.46. The maximum atomic E-state index is 12.2. The second-order valence-electron chi connectivity index (χ2n) is 4.87. The fourth-order valence-corrected chi connectivity index (χ4v) is 3.50. The summed E-state index contributed by atoms with van der Waals surface area (Å²) in [6.07, 6.45) is 0.787. The number of anilines is 1.